The number of aromatic nitrogens is 4. The van der Waals surface area contributed by atoms with Crippen molar-refractivity contribution in [2.24, 2.45) is 0 Å². The predicted octanol–water partition coefficient (Wildman–Crippen LogP) is 1.86. The van der Waals surface area contributed by atoms with E-state index in [2.05, 4.69) is 20.3 Å². The zero-order chi connectivity index (χ0) is 25.7. The van der Waals surface area contributed by atoms with Crippen molar-refractivity contribution < 1.29 is 23.8 Å². The molecule has 1 saturated heterocycles. The Morgan fingerprint density at radius 3 is 2.86 bits per heavy atom. The maximum atomic E-state index is 13.2. The standard InChI is InChI=1S/C23H29N7O5S/c1-29(2)6-5-25-23(32)35-18-8-14(11-36-3)16(22(31)34-15-4-7-33-10-15)9-17(18)30-13-28-19-20(24)26-12-27-21(19)30/h8-9,12-13,15H,4-7,10-11H2,1-3H3,(H,25,32)(H2,24,26,27). The summed E-state index contributed by atoms with van der Waals surface area (Å²) in [5.74, 6) is 0.474. The molecule has 1 aliphatic rings. The number of nitrogens with two attached hydrogens (primary N) is 1. The van der Waals surface area contributed by atoms with E-state index in [1.165, 1.54) is 24.4 Å². The molecule has 1 unspecified atom stereocenters. The molecule has 36 heavy (non-hydrogen) atoms. The molecule has 0 spiro atoms. The third-order valence-electron chi connectivity index (χ3n) is 5.52. The molecule has 1 aromatic carbocycles. The average molecular weight is 516 g/mol. The first-order valence-electron chi connectivity index (χ1n) is 11.4. The Bertz CT molecular complexity index is 1240. The minimum Gasteiger partial charge on any atom is -0.456 e. The third-order valence-corrected chi connectivity index (χ3v) is 6.12. The molecule has 12 nitrogen and oxygen atoms in total. The second-order valence-corrected chi connectivity index (χ2v) is 9.33. The summed E-state index contributed by atoms with van der Waals surface area (Å²) in [6.45, 7) is 1.98. The minimum atomic E-state index is -0.620. The van der Waals surface area contributed by atoms with Crippen LogP contribution in [0.2, 0.25) is 0 Å². The van der Waals surface area contributed by atoms with Crippen LogP contribution in [0.4, 0.5) is 10.6 Å². The van der Waals surface area contributed by atoms with E-state index in [0.717, 1.165) is 0 Å². The number of anilines is 1. The SMILES string of the molecule is CSCc1cc(OC(=O)NCCN(C)C)c(-n2cnc3c(N)ncnc32)cc1C(=O)OC1CCOC1. The van der Waals surface area contributed by atoms with Crippen LogP contribution in [0.3, 0.4) is 0 Å². The topological polar surface area (TPSA) is 147 Å². The number of imidazole rings is 1. The molecule has 13 heteroatoms. The number of hydrogen-bond donors (Lipinski definition) is 2. The highest BCUT2D eigenvalue weighted by Crippen LogP contribution is 2.32. The van der Waals surface area contributed by atoms with Crippen LogP contribution in [-0.4, -0.2) is 89.2 Å². The lowest BCUT2D eigenvalue weighted by Crippen LogP contribution is -2.33. The zero-order valence-corrected chi connectivity index (χ0v) is 21.2. The second-order valence-electron chi connectivity index (χ2n) is 8.47. The highest BCUT2D eigenvalue weighted by Gasteiger charge is 2.25. The first kappa shape index (κ1) is 25.7. The summed E-state index contributed by atoms with van der Waals surface area (Å²) < 4.78 is 18.3. The Morgan fingerprint density at radius 2 is 2.14 bits per heavy atom. The van der Waals surface area contributed by atoms with Crippen LogP contribution < -0.4 is 15.8 Å². The highest BCUT2D eigenvalue weighted by atomic mass is 32.2. The van der Waals surface area contributed by atoms with Crippen molar-refractivity contribution in [2.75, 3.05) is 52.4 Å². The number of fused-ring (bicyclic) bond motifs is 1. The van der Waals surface area contributed by atoms with Crippen LogP contribution in [0.25, 0.3) is 16.9 Å². The molecule has 0 aliphatic carbocycles. The van der Waals surface area contributed by atoms with Gasteiger partial charge >= 0.3 is 12.1 Å². The van der Waals surface area contributed by atoms with Gasteiger partial charge in [0.15, 0.2) is 22.7 Å². The number of likely N-dealkylation sites (N-methyl/N-ethyl adjacent to an activating group) is 1. The Hall–Kier alpha value is -3.42. The van der Waals surface area contributed by atoms with Crippen molar-refractivity contribution in [1.29, 1.82) is 0 Å². The van der Waals surface area contributed by atoms with Gasteiger partial charge in [-0.2, -0.15) is 11.8 Å². The largest absolute Gasteiger partial charge is 0.456 e. The molecular formula is C23H29N7O5S. The number of nitrogen functional groups attached to an aromatic ring is 1. The van der Waals surface area contributed by atoms with E-state index >= 15 is 0 Å². The first-order chi connectivity index (χ1) is 17.4. The molecule has 1 fully saturated rings. The molecule has 2 aromatic heterocycles. The number of amides is 1. The Balaban J connectivity index is 1.76. The van der Waals surface area contributed by atoms with Crippen molar-refractivity contribution in [3.05, 3.63) is 35.9 Å². The van der Waals surface area contributed by atoms with Crippen molar-refractivity contribution in [3.63, 3.8) is 0 Å². The number of rotatable bonds is 9. The van der Waals surface area contributed by atoms with Gasteiger partial charge in [0.1, 0.15) is 18.8 Å². The van der Waals surface area contributed by atoms with Gasteiger partial charge in [-0.1, -0.05) is 0 Å². The monoisotopic (exact) mass is 515 g/mol. The lowest BCUT2D eigenvalue weighted by Gasteiger charge is -2.18. The number of thioether (sulfide) groups is 1. The van der Waals surface area contributed by atoms with Crippen molar-refractivity contribution in [3.8, 4) is 11.4 Å². The number of esters is 1. The van der Waals surface area contributed by atoms with Crippen LogP contribution in [0.5, 0.6) is 5.75 Å². The number of benzene rings is 1. The van der Waals surface area contributed by atoms with E-state index in [0.29, 0.717) is 66.5 Å². The minimum absolute atomic E-state index is 0.211. The second kappa shape index (κ2) is 11.5. The molecule has 3 N–H and O–H groups in total. The van der Waals surface area contributed by atoms with Gasteiger partial charge in [0.05, 0.1) is 24.5 Å². The number of carbonyl (C=O) groups is 2. The maximum Gasteiger partial charge on any atom is 0.412 e. The molecule has 0 saturated carbocycles. The Morgan fingerprint density at radius 1 is 1.31 bits per heavy atom. The van der Waals surface area contributed by atoms with Gasteiger partial charge in [-0.3, -0.25) is 4.57 Å². The molecule has 0 radical (unpaired) electrons. The fourth-order valence-electron chi connectivity index (χ4n) is 3.71. The van der Waals surface area contributed by atoms with Crippen molar-refractivity contribution in [1.82, 2.24) is 29.7 Å². The quantitative estimate of drug-likeness (QED) is 0.402. The van der Waals surface area contributed by atoms with E-state index < -0.39 is 12.1 Å². The van der Waals surface area contributed by atoms with Crippen LogP contribution in [0, 0.1) is 0 Å². The van der Waals surface area contributed by atoms with Gasteiger partial charge in [0.2, 0.25) is 0 Å². The molecule has 192 valence electrons. The fourth-order valence-corrected chi connectivity index (χ4v) is 4.26. The first-order valence-corrected chi connectivity index (χ1v) is 12.8. The molecule has 1 amide bonds. The summed E-state index contributed by atoms with van der Waals surface area (Å²) in [6.07, 6.45) is 4.46. The van der Waals surface area contributed by atoms with E-state index in [9.17, 15) is 9.59 Å². The Labute approximate surface area is 212 Å². The maximum absolute atomic E-state index is 13.2. The van der Waals surface area contributed by atoms with Gasteiger partial charge in [-0.15, -0.1) is 0 Å². The number of nitrogens with one attached hydrogen (secondary N) is 1. The summed E-state index contributed by atoms with van der Waals surface area (Å²) in [6, 6.07) is 3.31. The summed E-state index contributed by atoms with van der Waals surface area (Å²) in [5, 5.41) is 2.73. The molecule has 1 atom stereocenters. The third kappa shape index (κ3) is 5.86. The summed E-state index contributed by atoms with van der Waals surface area (Å²) >= 11 is 1.53. The van der Waals surface area contributed by atoms with Crippen molar-refractivity contribution in [2.45, 2.75) is 18.3 Å². The van der Waals surface area contributed by atoms with Crippen LogP contribution >= 0.6 is 11.8 Å². The molecule has 3 heterocycles. The number of hydrogen-bond acceptors (Lipinski definition) is 11. The van der Waals surface area contributed by atoms with E-state index in [1.54, 1.807) is 16.7 Å². The van der Waals surface area contributed by atoms with E-state index in [1.807, 2.05) is 25.3 Å². The lowest BCUT2D eigenvalue weighted by atomic mass is 10.1. The van der Waals surface area contributed by atoms with Crippen LogP contribution in [-0.2, 0) is 15.2 Å². The van der Waals surface area contributed by atoms with E-state index in [4.69, 9.17) is 19.9 Å². The summed E-state index contributed by atoms with van der Waals surface area (Å²) in [7, 11) is 3.82. The molecule has 0 bridgehead atoms. The average Bonchev–Trinajstić information content (AvgIpc) is 3.50. The van der Waals surface area contributed by atoms with Crippen LogP contribution in [0.15, 0.2) is 24.8 Å². The summed E-state index contributed by atoms with van der Waals surface area (Å²) in [4.78, 5) is 40.3. The van der Waals surface area contributed by atoms with Gasteiger partial charge in [-0.05, 0) is 38.0 Å². The predicted molar refractivity (Wildman–Crippen MR) is 136 cm³/mol. The van der Waals surface area contributed by atoms with E-state index in [-0.39, 0.29) is 17.7 Å². The zero-order valence-electron chi connectivity index (χ0n) is 20.4. The molecular weight excluding hydrogens is 486 g/mol. The number of carbonyl (C=O) groups excluding carboxylic acids is 2. The van der Waals surface area contributed by atoms with Crippen LogP contribution in [0.1, 0.15) is 22.3 Å². The highest BCUT2D eigenvalue weighted by molar-refractivity contribution is 7.97. The van der Waals surface area contributed by atoms with Gasteiger partial charge in [-0.25, -0.2) is 24.5 Å². The number of nitrogens with zero attached hydrogens (tertiary/aromatic N) is 5. The lowest BCUT2D eigenvalue weighted by molar-refractivity contribution is 0.0269. The fraction of sp³-hybridized carbons (Fsp3) is 0.435. The van der Waals surface area contributed by atoms with Gasteiger partial charge in [0.25, 0.3) is 0 Å². The molecule has 4 rings (SSSR count). The number of ether oxygens (including phenoxy) is 3. The summed E-state index contributed by atoms with van der Waals surface area (Å²) in [5.41, 5.74) is 8.17. The van der Waals surface area contributed by atoms with Gasteiger partial charge in [0, 0.05) is 25.3 Å². The van der Waals surface area contributed by atoms with Gasteiger partial charge < -0.3 is 30.2 Å². The normalized spacial score (nSPS) is 15.4. The molecule has 3 aromatic rings. The van der Waals surface area contributed by atoms with Crippen molar-refractivity contribution >= 4 is 40.8 Å². The molecule has 1 aliphatic heterocycles. The smallest absolute Gasteiger partial charge is 0.412 e. The Kier molecular flexibility index (Phi) is 8.23.